The molecule has 0 fully saturated rings. The van der Waals surface area contributed by atoms with E-state index in [0.717, 1.165) is 5.56 Å². The molecule has 0 atom stereocenters. The SMILES string of the molecule is C=CCNC(=O)c1ccc(NC(=O)NCc2ccc(F)cc2)cc1. The topological polar surface area (TPSA) is 70.2 Å². The van der Waals surface area contributed by atoms with Gasteiger partial charge in [-0.2, -0.15) is 0 Å². The van der Waals surface area contributed by atoms with E-state index in [1.807, 2.05) is 0 Å². The number of rotatable bonds is 6. The third-order valence-electron chi connectivity index (χ3n) is 3.18. The molecule has 0 aromatic heterocycles. The standard InChI is InChI=1S/C18H18FN3O2/c1-2-11-20-17(23)14-5-9-16(10-6-14)22-18(24)21-12-13-3-7-15(19)8-4-13/h2-10H,1,11-12H2,(H,20,23)(H2,21,22,24). The maximum absolute atomic E-state index is 12.8. The summed E-state index contributed by atoms with van der Waals surface area (Å²) < 4.78 is 12.8. The summed E-state index contributed by atoms with van der Waals surface area (Å²) in [5, 5.41) is 8.00. The van der Waals surface area contributed by atoms with E-state index in [0.29, 0.717) is 17.8 Å². The highest BCUT2D eigenvalue weighted by Gasteiger charge is 2.05. The highest BCUT2D eigenvalue weighted by molar-refractivity contribution is 5.95. The van der Waals surface area contributed by atoms with Gasteiger partial charge in [-0.1, -0.05) is 18.2 Å². The molecular weight excluding hydrogens is 309 g/mol. The number of amides is 3. The molecule has 5 nitrogen and oxygen atoms in total. The molecule has 0 heterocycles. The highest BCUT2D eigenvalue weighted by Crippen LogP contribution is 2.09. The molecule has 0 aliphatic heterocycles. The Morgan fingerprint density at radius 3 is 2.29 bits per heavy atom. The predicted octanol–water partition coefficient (Wildman–Crippen LogP) is 3.06. The van der Waals surface area contributed by atoms with Crippen LogP contribution < -0.4 is 16.0 Å². The molecule has 0 spiro atoms. The molecule has 24 heavy (non-hydrogen) atoms. The fourth-order valence-electron chi connectivity index (χ4n) is 1.93. The van der Waals surface area contributed by atoms with Gasteiger partial charge >= 0.3 is 6.03 Å². The Morgan fingerprint density at radius 2 is 1.67 bits per heavy atom. The zero-order chi connectivity index (χ0) is 17.4. The summed E-state index contributed by atoms with van der Waals surface area (Å²) in [6.45, 7) is 4.21. The number of carbonyl (C=O) groups is 2. The van der Waals surface area contributed by atoms with Gasteiger partial charge in [-0.25, -0.2) is 9.18 Å². The van der Waals surface area contributed by atoms with E-state index in [-0.39, 0.29) is 24.3 Å². The van der Waals surface area contributed by atoms with Crippen LogP contribution >= 0.6 is 0 Å². The van der Waals surface area contributed by atoms with Crippen LogP contribution in [0.25, 0.3) is 0 Å². The zero-order valence-electron chi connectivity index (χ0n) is 13.0. The van der Waals surface area contributed by atoms with Crippen LogP contribution in [0.3, 0.4) is 0 Å². The van der Waals surface area contributed by atoms with E-state index in [4.69, 9.17) is 0 Å². The van der Waals surface area contributed by atoms with Crippen molar-refractivity contribution in [2.45, 2.75) is 6.54 Å². The Balaban J connectivity index is 1.84. The number of benzene rings is 2. The Labute approximate surface area is 139 Å². The van der Waals surface area contributed by atoms with Crippen molar-refractivity contribution in [2.75, 3.05) is 11.9 Å². The Hall–Kier alpha value is -3.15. The Bertz CT molecular complexity index is 712. The molecule has 0 saturated carbocycles. The largest absolute Gasteiger partial charge is 0.349 e. The van der Waals surface area contributed by atoms with E-state index in [2.05, 4.69) is 22.5 Å². The second kappa shape index (κ2) is 8.47. The van der Waals surface area contributed by atoms with Gasteiger partial charge in [-0.3, -0.25) is 4.79 Å². The minimum atomic E-state index is -0.386. The van der Waals surface area contributed by atoms with E-state index in [1.165, 1.54) is 12.1 Å². The first-order valence-corrected chi connectivity index (χ1v) is 7.37. The third-order valence-corrected chi connectivity index (χ3v) is 3.18. The minimum absolute atomic E-state index is 0.206. The molecule has 0 saturated heterocycles. The number of hydrogen-bond acceptors (Lipinski definition) is 2. The van der Waals surface area contributed by atoms with Crippen LogP contribution in [0, 0.1) is 5.82 Å². The molecule has 6 heteroatoms. The molecule has 3 N–H and O–H groups in total. The van der Waals surface area contributed by atoms with Crippen molar-refractivity contribution < 1.29 is 14.0 Å². The van der Waals surface area contributed by atoms with Gasteiger partial charge in [-0.15, -0.1) is 6.58 Å². The van der Waals surface area contributed by atoms with Crippen LogP contribution in [0.4, 0.5) is 14.9 Å². The van der Waals surface area contributed by atoms with Crippen molar-refractivity contribution in [2.24, 2.45) is 0 Å². The highest BCUT2D eigenvalue weighted by atomic mass is 19.1. The summed E-state index contributed by atoms with van der Waals surface area (Å²) in [5.41, 5.74) is 1.85. The summed E-state index contributed by atoms with van der Waals surface area (Å²) in [6, 6.07) is 12.0. The molecule has 0 bridgehead atoms. The molecule has 0 aliphatic rings. The average Bonchev–Trinajstić information content (AvgIpc) is 2.60. The summed E-state index contributed by atoms with van der Waals surface area (Å²) in [4.78, 5) is 23.6. The normalized spacial score (nSPS) is 9.88. The average molecular weight is 327 g/mol. The second-order valence-corrected chi connectivity index (χ2v) is 5.01. The first-order chi connectivity index (χ1) is 11.6. The van der Waals surface area contributed by atoms with Crippen LogP contribution in [0.1, 0.15) is 15.9 Å². The molecule has 0 radical (unpaired) electrons. The van der Waals surface area contributed by atoms with Gasteiger partial charge in [0.25, 0.3) is 5.91 Å². The Morgan fingerprint density at radius 1 is 1.00 bits per heavy atom. The molecular formula is C18H18FN3O2. The molecule has 124 valence electrons. The lowest BCUT2D eigenvalue weighted by Crippen LogP contribution is -2.28. The van der Waals surface area contributed by atoms with Crippen molar-refractivity contribution in [1.29, 1.82) is 0 Å². The van der Waals surface area contributed by atoms with Crippen molar-refractivity contribution >= 4 is 17.6 Å². The van der Waals surface area contributed by atoms with Gasteiger partial charge in [0, 0.05) is 24.3 Å². The van der Waals surface area contributed by atoms with Gasteiger partial charge in [0.05, 0.1) is 0 Å². The van der Waals surface area contributed by atoms with Crippen molar-refractivity contribution in [3.8, 4) is 0 Å². The first kappa shape index (κ1) is 17.2. The van der Waals surface area contributed by atoms with Crippen LogP contribution in [0.15, 0.2) is 61.2 Å². The van der Waals surface area contributed by atoms with Crippen molar-refractivity contribution in [3.63, 3.8) is 0 Å². The lowest BCUT2D eigenvalue weighted by Gasteiger charge is -2.08. The molecule has 2 aromatic rings. The smallest absolute Gasteiger partial charge is 0.319 e. The fourth-order valence-corrected chi connectivity index (χ4v) is 1.93. The summed E-state index contributed by atoms with van der Waals surface area (Å²) in [6.07, 6.45) is 1.60. The number of urea groups is 1. The van der Waals surface area contributed by atoms with E-state index in [1.54, 1.807) is 42.5 Å². The summed E-state index contributed by atoms with van der Waals surface area (Å²) in [5.74, 6) is -0.525. The first-order valence-electron chi connectivity index (χ1n) is 7.37. The van der Waals surface area contributed by atoms with E-state index in [9.17, 15) is 14.0 Å². The van der Waals surface area contributed by atoms with Gasteiger partial charge in [-0.05, 0) is 42.0 Å². The maximum atomic E-state index is 12.8. The van der Waals surface area contributed by atoms with Crippen LogP contribution in [-0.4, -0.2) is 18.5 Å². The molecule has 2 rings (SSSR count). The number of nitrogens with one attached hydrogen (secondary N) is 3. The Kier molecular flexibility index (Phi) is 6.08. The maximum Gasteiger partial charge on any atom is 0.319 e. The zero-order valence-corrected chi connectivity index (χ0v) is 13.0. The third kappa shape index (κ3) is 5.24. The van der Waals surface area contributed by atoms with Gasteiger partial charge in [0.2, 0.25) is 0 Å². The van der Waals surface area contributed by atoms with E-state index < -0.39 is 0 Å². The minimum Gasteiger partial charge on any atom is -0.349 e. The fraction of sp³-hybridized carbons (Fsp3) is 0.111. The van der Waals surface area contributed by atoms with Crippen LogP contribution in [-0.2, 0) is 6.54 Å². The lowest BCUT2D eigenvalue weighted by atomic mass is 10.2. The van der Waals surface area contributed by atoms with Gasteiger partial charge in [0.15, 0.2) is 0 Å². The number of carbonyl (C=O) groups excluding carboxylic acids is 2. The van der Waals surface area contributed by atoms with Crippen LogP contribution in [0.2, 0.25) is 0 Å². The summed E-state index contributed by atoms with van der Waals surface area (Å²) >= 11 is 0. The number of anilines is 1. The lowest BCUT2D eigenvalue weighted by molar-refractivity contribution is 0.0958. The van der Waals surface area contributed by atoms with Crippen molar-refractivity contribution in [1.82, 2.24) is 10.6 Å². The quantitative estimate of drug-likeness (QED) is 0.714. The van der Waals surface area contributed by atoms with E-state index >= 15 is 0 Å². The molecule has 2 aromatic carbocycles. The summed E-state index contributed by atoms with van der Waals surface area (Å²) in [7, 11) is 0. The van der Waals surface area contributed by atoms with Crippen LogP contribution in [0.5, 0.6) is 0 Å². The molecule has 0 unspecified atom stereocenters. The van der Waals surface area contributed by atoms with Crippen molar-refractivity contribution in [3.05, 3.63) is 78.1 Å². The monoisotopic (exact) mass is 327 g/mol. The second-order valence-electron chi connectivity index (χ2n) is 5.01. The predicted molar refractivity (Wildman–Crippen MR) is 91.2 cm³/mol. The molecule has 0 aliphatic carbocycles. The number of hydrogen-bond donors (Lipinski definition) is 3. The van der Waals surface area contributed by atoms with Gasteiger partial charge < -0.3 is 16.0 Å². The molecule has 3 amide bonds. The number of halogens is 1. The van der Waals surface area contributed by atoms with Gasteiger partial charge in [0.1, 0.15) is 5.82 Å².